The Balaban J connectivity index is 2.89. The third kappa shape index (κ3) is 4.57. The maximum atomic E-state index is 12.4. The van der Waals surface area contributed by atoms with Crippen LogP contribution in [0.5, 0.6) is 0 Å². The van der Waals surface area contributed by atoms with E-state index < -0.39 is 24.0 Å². The number of ether oxygens (including phenoxy) is 2. The van der Waals surface area contributed by atoms with Gasteiger partial charge in [-0.2, -0.15) is 5.26 Å². The van der Waals surface area contributed by atoms with Crippen molar-refractivity contribution in [3.8, 4) is 6.07 Å². The number of hydrogen-bond acceptors (Lipinski definition) is 5. The van der Waals surface area contributed by atoms with Gasteiger partial charge in [-0.15, -0.1) is 0 Å². The fourth-order valence-corrected chi connectivity index (χ4v) is 2.07. The molecular weight excluding hydrogens is 284 g/mol. The minimum atomic E-state index is -0.890. The van der Waals surface area contributed by atoms with Crippen molar-refractivity contribution in [2.45, 2.75) is 25.5 Å². The Kier molecular flexibility index (Phi) is 7.06. The molecule has 0 aliphatic carbocycles. The molecule has 6 nitrogen and oxygen atoms in total. The van der Waals surface area contributed by atoms with Crippen LogP contribution in [0.1, 0.15) is 25.0 Å². The average molecular weight is 304 g/mol. The van der Waals surface area contributed by atoms with Crippen LogP contribution < -0.4 is 5.32 Å². The maximum Gasteiger partial charge on any atom is 0.328 e. The van der Waals surface area contributed by atoms with Gasteiger partial charge in [0.25, 0.3) is 5.91 Å². The summed E-state index contributed by atoms with van der Waals surface area (Å²) in [5.74, 6) is -1.40. The van der Waals surface area contributed by atoms with E-state index in [9.17, 15) is 9.59 Å². The summed E-state index contributed by atoms with van der Waals surface area (Å²) in [7, 11) is 2.66. The first-order chi connectivity index (χ1) is 10.5. The van der Waals surface area contributed by atoms with Crippen LogP contribution in [0.15, 0.2) is 30.3 Å². The molecule has 3 atom stereocenters. The van der Waals surface area contributed by atoms with E-state index in [-0.39, 0.29) is 12.3 Å². The number of esters is 1. The number of amides is 1. The largest absolute Gasteiger partial charge is 0.467 e. The number of nitrogens with zero attached hydrogens (tertiary/aromatic N) is 1. The van der Waals surface area contributed by atoms with Gasteiger partial charge in [0.05, 0.1) is 13.2 Å². The maximum absolute atomic E-state index is 12.4. The molecule has 0 saturated heterocycles. The Bertz CT molecular complexity index is 539. The van der Waals surface area contributed by atoms with Gasteiger partial charge in [0.2, 0.25) is 0 Å². The van der Waals surface area contributed by atoms with Crippen molar-refractivity contribution in [3.63, 3.8) is 0 Å². The normalized spacial score (nSPS) is 14.3. The van der Waals surface area contributed by atoms with Gasteiger partial charge in [0.1, 0.15) is 6.04 Å². The van der Waals surface area contributed by atoms with Gasteiger partial charge in [0, 0.05) is 19.4 Å². The number of methoxy groups -OCH3 is 2. The number of carbonyl (C=O) groups is 2. The molecule has 6 heteroatoms. The number of benzene rings is 1. The number of nitriles is 1. The summed E-state index contributed by atoms with van der Waals surface area (Å²) in [6, 6.07) is 10.0. The summed E-state index contributed by atoms with van der Waals surface area (Å²) in [6.07, 6.45) is -0.703. The Labute approximate surface area is 130 Å². The van der Waals surface area contributed by atoms with Crippen molar-refractivity contribution < 1.29 is 19.1 Å². The van der Waals surface area contributed by atoms with E-state index in [4.69, 9.17) is 14.7 Å². The molecule has 0 fully saturated rings. The summed E-state index contributed by atoms with van der Waals surface area (Å²) in [5, 5.41) is 11.4. The van der Waals surface area contributed by atoms with Crippen LogP contribution in [0.2, 0.25) is 0 Å². The molecule has 1 aromatic carbocycles. The van der Waals surface area contributed by atoms with Crippen LogP contribution in [0.4, 0.5) is 0 Å². The van der Waals surface area contributed by atoms with Crippen LogP contribution in [-0.4, -0.2) is 32.1 Å². The van der Waals surface area contributed by atoms with Crippen LogP contribution in [-0.2, 0) is 19.1 Å². The summed E-state index contributed by atoms with van der Waals surface area (Å²) in [5.41, 5.74) is 0.680. The highest BCUT2D eigenvalue weighted by atomic mass is 16.5. The van der Waals surface area contributed by atoms with Gasteiger partial charge in [-0.1, -0.05) is 37.3 Å². The van der Waals surface area contributed by atoms with Gasteiger partial charge >= 0.3 is 5.97 Å². The molecule has 1 aromatic rings. The summed E-state index contributed by atoms with van der Waals surface area (Å²) >= 11 is 0. The van der Waals surface area contributed by atoms with E-state index >= 15 is 0 Å². The van der Waals surface area contributed by atoms with Crippen molar-refractivity contribution in [2.24, 2.45) is 5.92 Å². The van der Waals surface area contributed by atoms with Crippen molar-refractivity contribution in [1.82, 2.24) is 5.32 Å². The Morgan fingerprint density at radius 3 is 2.41 bits per heavy atom. The Hall–Kier alpha value is -2.39. The summed E-state index contributed by atoms with van der Waals surface area (Å²) in [4.78, 5) is 24.2. The number of carbonyl (C=O) groups excluding carboxylic acids is 2. The van der Waals surface area contributed by atoms with E-state index in [0.29, 0.717) is 5.56 Å². The summed E-state index contributed by atoms with van der Waals surface area (Å²) < 4.78 is 9.92. The van der Waals surface area contributed by atoms with Gasteiger partial charge in [-0.25, -0.2) is 4.79 Å². The molecule has 22 heavy (non-hydrogen) atoms. The quantitative estimate of drug-likeness (QED) is 0.773. The summed E-state index contributed by atoms with van der Waals surface area (Å²) in [6.45, 7) is 1.70. The first kappa shape index (κ1) is 17.7. The lowest BCUT2D eigenvalue weighted by molar-refractivity contribution is -0.148. The molecule has 1 rings (SSSR count). The third-order valence-electron chi connectivity index (χ3n) is 3.31. The van der Waals surface area contributed by atoms with Crippen LogP contribution >= 0.6 is 0 Å². The van der Waals surface area contributed by atoms with Gasteiger partial charge in [0.15, 0.2) is 6.10 Å². The molecule has 0 aliphatic heterocycles. The van der Waals surface area contributed by atoms with Crippen LogP contribution in [0, 0.1) is 17.2 Å². The SMILES string of the molecule is COC(=O)[C@H](NC(=O)[C@@H](OC)c1ccccc1)[C@@H](C)CC#N. The molecule has 118 valence electrons. The van der Waals surface area contributed by atoms with Crippen molar-refractivity contribution >= 4 is 11.9 Å². The van der Waals surface area contributed by atoms with Gasteiger partial charge in [-0.3, -0.25) is 4.79 Å². The first-order valence-corrected chi connectivity index (χ1v) is 6.88. The zero-order valence-corrected chi connectivity index (χ0v) is 12.9. The first-order valence-electron chi connectivity index (χ1n) is 6.88. The highest BCUT2D eigenvalue weighted by Gasteiger charge is 2.31. The van der Waals surface area contributed by atoms with E-state index in [2.05, 4.69) is 5.32 Å². The zero-order chi connectivity index (χ0) is 16.5. The minimum absolute atomic E-state index is 0.128. The predicted molar refractivity (Wildman–Crippen MR) is 79.5 cm³/mol. The van der Waals surface area contributed by atoms with Crippen molar-refractivity contribution in [1.29, 1.82) is 5.26 Å². The molecule has 0 bridgehead atoms. The second kappa shape index (κ2) is 8.80. The zero-order valence-electron chi connectivity index (χ0n) is 12.9. The molecule has 0 saturated carbocycles. The molecule has 1 N–H and O–H groups in total. The number of nitrogens with one attached hydrogen (secondary N) is 1. The van der Waals surface area contributed by atoms with Gasteiger partial charge in [-0.05, 0) is 5.56 Å². The van der Waals surface area contributed by atoms with E-state index in [1.54, 1.807) is 31.2 Å². The van der Waals surface area contributed by atoms with Crippen LogP contribution in [0.25, 0.3) is 0 Å². The van der Waals surface area contributed by atoms with Crippen LogP contribution in [0.3, 0.4) is 0 Å². The van der Waals surface area contributed by atoms with Crippen molar-refractivity contribution in [2.75, 3.05) is 14.2 Å². The smallest absolute Gasteiger partial charge is 0.328 e. The third-order valence-corrected chi connectivity index (χ3v) is 3.31. The second-order valence-electron chi connectivity index (χ2n) is 4.88. The molecule has 0 radical (unpaired) electrons. The Morgan fingerprint density at radius 2 is 1.91 bits per heavy atom. The number of rotatable bonds is 7. The van der Waals surface area contributed by atoms with E-state index in [1.165, 1.54) is 14.2 Å². The number of hydrogen-bond donors (Lipinski definition) is 1. The lowest BCUT2D eigenvalue weighted by atomic mass is 9.98. The topological polar surface area (TPSA) is 88.4 Å². The standard InChI is InChI=1S/C16H20N2O4/c1-11(9-10-17)13(16(20)22-3)18-15(19)14(21-2)12-7-5-4-6-8-12/h4-8,11,13-14H,9H2,1-3H3,(H,18,19)/t11-,13+,14-/m0/s1. The lowest BCUT2D eigenvalue weighted by Crippen LogP contribution is -2.47. The fraction of sp³-hybridized carbons (Fsp3) is 0.438. The minimum Gasteiger partial charge on any atom is -0.467 e. The molecule has 1 amide bonds. The predicted octanol–water partition coefficient (Wildman–Crippen LogP) is 1.58. The highest BCUT2D eigenvalue weighted by Crippen LogP contribution is 2.18. The van der Waals surface area contributed by atoms with Crippen molar-refractivity contribution in [3.05, 3.63) is 35.9 Å². The molecule has 0 aromatic heterocycles. The van der Waals surface area contributed by atoms with E-state index in [1.807, 2.05) is 12.1 Å². The second-order valence-corrected chi connectivity index (χ2v) is 4.88. The van der Waals surface area contributed by atoms with E-state index in [0.717, 1.165) is 0 Å². The monoisotopic (exact) mass is 304 g/mol. The van der Waals surface area contributed by atoms with Gasteiger partial charge < -0.3 is 14.8 Å². The lowest BCUT2D eigenvalue weighted by Gasteiger charge is -2.24. The molecule has 0 unspecified atom stereocenters. The average Bonchev–Trinajstić information content (AvgIpc) is 2.53. The Morgan fingerprint density at radius 1 is 1.27 bits per heavy atom. The highest BCUT2D eigenvalue weighted by molar-refractivity contribution is 5.87. The molecular formula is C16H20N2O4. The molecule has 0 aliphatic rings. The fourth-order valence-electron chi connectivity index (χ4n) is 2.07. The molecule has 0 heterocycles. The molecule has 0 spiro atoms.